The van der Waals surface area contributed by atoms with E-state index in [2.05, 4.69) is 16.7 Å². The molecule has 1 aromatic heterocycles. The molecule has 0 atom stereocenters. The average molecular weight is 333 g/mol. The van der Waals surface area contributed by atoms with Crippen molar-refractivity contribution < 1.29 is 14.7 Å². The Hall–Kier alpha value is -2.88. The van der Waals surface area contributed by atoms with Crippen molar-refractivity contribution in [1.82, 2.24) is 4.57 Å². The largest absolute Gasteiger partial charge is 0.478 e. The first kappa shape index (κ1) is 15.6. The standard InChI is InChI=1S/C21H19NO3/c1-13-4-2-5-14(10-13)12-22-19-9-8-15(23)11-18(19)16-6-3-7-17(20(16)22)21(24)25/h2-7,10H,8-9,11-12H2,1H3,(H,24,25). The first-order valence-corrected chi connectivity index (χ1v) is 8.48. The van der Waals surface area contributed by atoms with E-state index < -0.39 is 5.97 Å². The lowest BCUT2D eigenvalue weighted by molar-refractivity contribution is -0.118. The van der Waals surface area contributed by atoms with Crippen LogP contribution in [0.1, 0.15) is 39.2 Å². The maximum Gasteiger partial charge on any atom is 0.337 e. The van der Waals surface area contributed by atoms with Crippen molar-refractivity contribution in [2.24, 2.45) is 0 Å². The summed E-state index contributed by atoms with van der Waals surface area (Å²) in [6.07, 6.45) is 1.60. The number of carboxylic acids is 1. The van der Waals surface area contributed by atoms with Crippen LogP contribution < -0.4 is 0 Å². The summed E-state index contributed by atoms with van der Waals surface area (Å²) in [4.78, 5) is 23.7. The van der Waals surface area contributed by atoms with Gasteiger partial charge in [0.05, 0.1) is 11.1 Å². The lowest BCUT2D eigenvalue weighted by atomic mass is 9.94. The van der Waals surface area contributed by atoms with E-state index in [1.807, 2.05) is 25.1 Å². The fourth-order valence-electron chi connectivity index (χ4n) is 3.90. The molecule has 4 rings (SSSR count). The molecule has 0 radical (unpaired) electrons. The third kappa shape index (κ3) is 2.64. The molecule has 1 N–H and O–H groups in total. The van der Waals surface area contributed by atoms with Crippen LogP contribution in [0.5, 0.6) is 0 Å². The molecule has 0 aliphatic heterocycles. The molecule has 1 aliphatic carbocycles. The maximum absolute atomic E-state index is 12.0. The second kappa shape index (κ2) is 5.88. The summed E-state index contributed by atoms with van der Waals surface area (Å²) >= 11 is 0. The Morgan fingerprint density at radius 1 is 1.16 bits per heavy atom. The smallest absolute Gasteiger partial charge is 0.337 e. The number of aromatic nitrogens is 1. The van der Waals surface area contributed by atoms with Gasteiger partial charge in [-0.3, -0.25) is 4.79 Å². The highest BCUT2D eigenvalue weighted by molar-refractivity contribution is 6.05. The molecule has 0 bridgehead atoms. The fraction of sp³-hybridized carbons (Fsp3) is 0.238. The van der Waals surface area contributed by atoms with Gasteiger partial charge in [0.2, 0.25) is 0 Å². The van der Waals surface area contributed by atoms with E-state index in [4.69, 9.17) is 0 Å². The number of para-hydroxylation sites is 1. The van der Waals surface area contributed by atoms with Gasteiger partial charge in [-0.25, -0.2) is 4.79 Å². The first-order chi connectivity index (χ1) is 12.0. The van der Waals surface area contributed by atoms with Gasteiger partial charge < -0.3 is 9.67 Å². The van der Waals surface area contributed by atoms with Crippen molar-refractivity contribution >= 4 is 22.7 Å². The number of carboxylic acid groups (broad SMARTS) is 1. The van der Waals surface area contributed by atoms with Gasteiger partial charge in [0.25, 0.3) is 0 Å². The number of nitrogens with zero attached hydrogens (tertiary/aromatic N) is 1. The average Bonchev–Trinajstić information content (AvgIpc) is 2.88. The predicted octanol–water partition coefficient (Wildman–Crippen LogP) is 3.75. The minimum Gasteiger partial charge on any atom is -0.478 e. The van der Waals surface area contributed by atoms with Crippen LogP contribution >= 0.6 is 0 Å². The summed E-state index contributed by atoms with van der Waals surface area (Å²) in [6.45, 7) is 2.67. The highest BCUT2D eigenvalue weighted by atomic mass is 16.4. The number of carbonyl (C=O) groups excluding carboxylic acids is 1. The fourth-order valence-corrected chi connectivity index (χ4v) is 3.90. The lowest BCUT2D eigenvalue weighted by Crippen LogP contribution is -2.16. The van der Waals surface area contributed by atoms with Crippen LogP contribution in [0.2, 0.25) is 0 Å². The van der Waals surface area contributed by atoms with Crippen LogP contribution in [0.15, 0.2) is 42.5 Å². The Balaban J connectivity index is 1.98. The number of hydrogen-bond acceptors (Lipinski definition) is 2. The maximum atomic E-state index is 12.0. The molecule has 126 valence electrons. The van der Waals surface area contributed by atoms with E-state index in [0.29, 0.717) is 31.4 Å². The molecule has 0 amide bonds. The molecule has 3 aromatic rings. The van der Waals surface area contributed by atoms with Gasteiger partial charge in [0.1, 0.15) is 5.78 Å². The SMILES string of the molecule is Cc1cccc(Cn2c3c(c4cccc(C(=O)O)c42)CC(=O)CC3)c1. The van der Waals surface area contributed by atoms with Crippen molar-refractivity contribution in [1.29, 1.82) is 0 Å². The number of carbonyl (C=O) groups is 2. The van der Waals surface area contributed by atoms with Crippen LogP contribution in [0, 0.1) is 6.92 Å². The minimum atomic E-state index is -0.933. The van der Waals surface area contributed by atoms with E-state index in [1.54, 1.807) is 12.1 Å². The quantitative estimate of drug-likeness (QED) is 0.794. The van der Waals surface area contributed by atoms with Crippen LogP contribution in [0.4, 0.5) is 0 Å². The van der Waals surface area contributed by atoms with Crippen molar-refractivity contribution in [3.05, 3.63) is 70.4 Å². The number of rotatable bonds is 3. The molecule has 1 heterocycles. The number of aryl methyl sites for hydroxylation is 1. The van der Waals surface area contributed by atoms with Gasteiger partial charge in [0, 0.05) is 30.5 Å². The Morgan fingerprint density at radius 3 is 2.72 bits per heavy atom. The van der Waals surface area contributed by atoms with Crippen LogP contribution in [0.3, 0.4) is 0 Å². The Morgan fingerprint density at radius 2 is 1.96 bits per heavy atom. The zero-order chi connectivity index (χ0) is 17.6. The van der Waals surface area contributed by atoms with E-state index in [-0.39, 0.29) is 5.78 Å². The minimum absolute atomic E-state index is 0.225. The van der Waals surface area contributed by atoms with E-state index in [0.717, 1.165) is 27.7 Å². The number of fused-ring (bicyclic) bond motifs is 3. The zero-order valence-electron chi connectivity index (χ0n) is 14.1. The van der Waals surface area contributed by atoms with E-state index in [9.17, 15) is 14.7 Å². The molecular formula is C21H19NO3. The summed E-state index contributed by atoms with van der Waals surface area (Å²) in [5, 5.41) is 10.5. The van der Waals surface area contributed by atoms with E-state index >= 15 is 0 Å². The summed E-state index contributed by atoms with van der Waals surface area (Å²) in [6, 6.07) is 13.6. The first-order valence-electron chi connectivity index (χ1n) is 8.48. The number of benzene rings is 2. The molecule has 2 aromatic carbocycles. The van der Waals surface area contributed by atoms with Crippen LogP contribution in [-0.2, 0) is 24.2 Å². The van der Waals surface area contributed by atoms with Crippen molar-refractivity contribution in [2.45, 2.75) is 32.7 Å². The Bertz CT molecular complexity index is 1010. The number of aromatic carboxylic acids is 1. The summed E-state index contributed by atoms with van der Waals surface area (Å²) in [5.41, 5.74) is 5.45. The number of hydrogen-bond donors (Lipinski definition) is 1. The van der Waals surface area contributed by atoms with Crippen molar-refractivity contribution in [2.75, 3.05) is 0 Å². The van der Waals surface area contributed by atoms with Gasteiger partial charge in [-0.05, 0) is 30.5 Å². The zero-order valence-corrected chi connectivity index (χ0v) is 14.1. The van der Waals surface area contributed by atoms with Crippen molar-refractivity contribution in [3.8, 4) is 0 Å². The normalized spacial score (nSPS) is 13.9. The topological polar surface area (TPSA) is 59.3 Å². The second-order valence-corrected chi connectivity index (χ2v) is 6.72. The van der Waals surface area contributed by atoms with Crippen LogP contribution in [0.25, 0.3) is 10.9 Å². The highest BCUT2D eigenvalue weighted by Crippen LogP contribution is 2.33. The Labute approximate surface area is 145 Å². The lowest BCUT2D eigenvalue weighted by Gasteiger charge is -2.16. The molecule has 0 saturated heterocycles. The molecule has 0 spiro atoms. The van der Waals surface area contributed by atoms with Crippen molar-refractivity contribution in [3.63, 3.8) is 0 Å². The predicted molar refractivity (Wildman–Crippen MR) is 96.2 cm³/mol. The third-order valence-electron chi connectivity index (χ3n) is 4.97. The van der Waals surface area contributed by atoms with Gasteiger partial charge >= 0.3 is 5.97 Å². The summed E-state index contributed by atoms with van der Waals surface area (Å²) < 4.78 is 2.11. The van der Waals surface area contributed by atoms with Gasteiger partial charge in [0.15, 0.2) is 0 Å². The molecule has 0 unspecified atom stereocenters. The summed E-state index contributed by atoms with van der Waals surface area (Å²) in [5.74, 6) is -0.708. The second-order valence-electron chi connectivity index (χ2n) is 6.72. The molecule has 4 nitrogen and oxygen atoms in total. The highest BCUT2D eigenvalue weighted by Gasteiger charge is 2.26. The third-order valence-corrected chi connectivity index (χ3v) is 4.97. The number of Topliss-reactive ketones (excluding diaryl/α,β-unsaturated/α-hetero) is 1. The van der Waals surface area contributed by atoms with Gasteiger partial charge in [-0.1, -0.05) is 42.0 Å². The molecule has 4 heteroatoms. The molecule has 1 aliphatic rings. The van der Waals surface area contributed by atoms with E-state index in [1.165, 1.54) is 5.56 Å². The number of ketones is 1. The monoisotopic (exact) mass is 333 g/mol. The molecule has 0 fully saturated rings. The van der Waals surface area contributed by atoms with Gasteiger partial charge in [-0.2, -0.15) is 0 Å². The van der Waals surface area contributed by atoms with Crippen LogP contribution in [-0.4, -0.2) is 21.4 Å². The van der Waals surface area contributed by atoms with Gasteiger partial charge in [-0.15, -0.1) is 0 Å². The molecule has 0 saturated carbocycles. The Kier molecular flexibility index (Phi) is 3.68. The molecule has 25 heavy (non-hydrogen) atoms. The summed E-state index contributed by atoms with van der Waals surface area (Å²) in [7, 11) is 0. The molecular weight excluding hydrogens is 314 g/mol.